The quantitative estimate of drug-likeness (QED) is 0.800. The number of halogens is 3. The first kappa shape index (κ1) is 13.8. The van der Waals surface area contributed by atoms with Gasteiger partial charge in [-0.15, -0.1) is 11.3 Å². The van der Waals surface area contributed by atoms with Crippen molar-refractivity contribution in [2.24, 2.45) is 0 Å². The van der Waals surface area contributed by atoms with Gasteiger partial charge in [0.25, 0.3) is 0 Å². The van der Waals surface area contributed by atoms with Crippen LogP contribution in [0.2, 0.25) is 9.36 Å². The second-order valence-electron chi connectivity index (χ2n) is 3.87. The summed E-state index contributed by atoms with van der Waals surface area (Å²) in [6.07, 6.45) is 0.888. The lowest BCUT2D eigenvalue weighted by atomic mass is 10.2. The summed E-state index contributed by atoms with van der Waals surface area (Å²) < 4.78 is 14.2. The molecule has 1 aromatic heterocycles. The zero-order valence-corrected chi connectivity index (χ0v) is 11.9. The Kier molecular flexibility index (Phi) is 5.01. The third-order valence-electron chi connectivity index (χ3n) is 2.50. The molecule has 0 spiro atoms. The van der Waals surface area contributed by atoms with Gasteiger partial charge >= 0.3 is 0 Å². The van der Waals surface area contributed by atoms with Crippen LogP contribution in [0.4, 0.5) is 4.39 Å². The molecule has 2 aromatic rings. The van der Waals surface area contributed by atoms with Gasteiger partial charge in [0.15, 0.2) is 0 Å². The van der Waals surface area contributed by atoms with Crippen LogP contribution in [0.3, 0.4) is 0 Å². The molecule has 1 heterocycles. The van der Waals surface area contributed by atoms with E-state index in [0.29, 0.717) is 17.1 Å². The Bertz CT molecular complexity index is 527. The molecule has 0 aliphatic heterocycles. The average molecular weight is 304 g/mol. The highest BCUT2D eigenvalue weighted by molar-refractivity contribution is 7.16. The summed E-state index contributed by atoms with van der Waals surface area (Å²) in [7, 11) is 0. The van der Waals surface area contributed by atoms with Crippen molar-refractivity contribution in [3.05, 3.63) is 55.9 Å². The maximum atomic E-state index is 13.4. The van der Waals surface area contributed by atoms with Crippen LogP contribution in [-0.2, 0) is 13.0 Å². The fourth-order valence-electron chi connectivity index (χ4n) is 1.60. The SMILES string of the molecule is Fc1ccc(Cl)cc1CNCCc1ccc(Cl)s1. The molecular weight excluding hydrogens is 292 g/mol. The lowest BCUT2D eigenvalue weighted by Gasteiger charge is -2.05. The van der Waals surface area contributed by atoms with Crippen molar-refractivity contribution in [2.45, 2.75) is 13.0 Å². The lowest BCUT2D eigenvalue weighted by Crippen LogP contribution is -2.17. The molecule has 0 fully saturated rings. The van der Waals surface area contributed by atoms with E-state index in [2.05, 4.69) is 5.32 Å². The van der Waals surface area contributed by atoms with Gasteiger partial charge in [-0.05, 0) is 36.8 Å². The van der Waals surface area contributed by atoms with Gasteiger partial charge in [0.1, 0.15) is 5.82 Å². The number of benzene rings is 1. The van der Waals surface area contributed by atoms with E-state index < -0.39 is 0 Å². The fourth-order valence-corrected chi connectivity index (χ4v) is 2.88. The van der Waals surface area contributed by atoms with Crippen molar-refractivity contribution in [1.29, 1.82) is 0 Å². The van der Waals surface area contributed by atoms with Crippen molar-refractivity contribution in [1.82, 2.24) is 5.32 Å². The van der Waals surface area contributed by atoms with Crippen molar-refractivity contribution in [3.63, 3.8) is 0 Å². The monoisotopic (exact) mass is 303 g/mol. The van der Waals surface area contributed by atoms with Crippen LogP contribution < -0.4 is 5.32 Å². The summed E-state index contributed by atoms with van der Waals surface area (Å²) in [4.78, 5) is 1.22. The van der Waals surface area contributed by atoms with Crippen LogP contribution in [-0.4, -0.2) is 6.54 Å². The Morgan fingerprint density at radius 3 is 2.72 bits per heavy atom. The van der Waals surface area contributed by atoms with E-state index in [1.807, 2.05) is 12.1 Å². The first-order valence-corrected chi connectivity index (χ1v) is 7.11. The molecule has 0 saturated carbocycles. The summed E-state index contributed by atoms with van der Waals surface area (Å²) in [5.41, 5.74) is 0.590. The van der Waals surface area contributed by atoms with Crippen LogP contribution in [0, 0.1) is 5.82 Å². The second kappa shape index (κ2) is 6.53. The molecule has 1 N–H and O–H groups in total. The maximum absolute atomic E-state index is 13.4. The number of nitrogens with one attached hydrogen (secondary N) is 1. The van der Waals surface area contributed by atoms with Gasteiger partial charge in [-0.2, -0.15) is 0 Å². The van der Waals surface area contributed by atoms with E-state index >= 15 is 0 Å². The Balaban J connectivity index is 1.80. The predicted octanol–water partition coefficient (Wildman–Crippen LogP) is 4.53. The number of thiophene rings is 1. The smallest absolute Gasteiger partial charge is 0.127 e. The second-order valence-corrected chi connectivity index (χ2v) is 6.10. The zero-order valence-electron chi connectivity index (χ0n) is 9.55. The van der Waals surface area contributed by atoms with Gasteiger partial charge in [-0.3, -0.25) is 0 Å². The van der Waals surface area contributed by atoms with Crippen LogP contribution >= 0.6 is 34.5 Å². The molecule has 5 heteroatoms. The van der Waals surface area contributed by atoms with E-state index in [1.165, 1.54) is 10.9 Å². The van der Waals surface area contributed by atoms with E-state index in [4.69, 9.17) is 23.2 Å². The highest BCUT2D eigenvalue weighted by atomic mass is 35.5. The Morgan fingerprint density at radius 2 is 2.00 bits per heavy atom. The van der Waals surface area contributed by atoms with Crippen molar-refractivity contribution < 1.29 is 4.39 Å². The summed E-state index contributed by atoms with van der Waals surface area (Å²) in [6.45, 7) is 1.26. The van der Waals surface area contributed by atoms with Crippen molar-refractivity contribution >= 4 is 34.5 Å². The van der Waals surface area contributed by atoms with Crippen molar-refractivity contribution in [2.75, 3.05) is 6.54 Å². The van der Waals surface area contributed by atoms with Gasteiger partial charge in [0.2, 0.25) is 0 Å². The fraction of sp³-hybridized carbons (Fsp3) is 0.231. The van der Waals surface area contributed by atoms with E-state index in [1.54, 1.807) is 23.5 Å². The topological polar surface area (TPSA) is 12.0 Å². The van der Waals surface area contributed by atoms with Crippen molar-refractivity contribution in [3.8, 4) is 0 Å². The molecule has 0 aliphatic rings. The summed E-state index contributed by atoms with van der Waals surface area (Å²) in [5.74, 6) is -0.230. The Morgan fingerprint density at radius 1 is 1.17 bits per heavy atom. The summed E-state index contributed by atoms with van der Waals surface area (Å²) in [5, 5.41) is 3.75. The molecule has 0 atom stereocenters. The number of hydrogen-bond acceptors (Lipinski definition) is 2. The highest BCUT2D eigenvalue weighted by Crippen LogP contribution is 2.21. The van der Waals surface area contributed by atoms with Gasteiger partial charge in [0.05, 0.1) is 4.34 Å². The van der Waals surface area contributed by atoms with Gasteiger partial charge in [-0.1, -0.05) is 23.2 Å². The first-order valence-electron chi connectivity index (χ1n) is 5.54. The van der Waals surface area contributed by atoms with Gasteiger partial charge in [0, 0.05) is 28.6 Å². The molecule has 96 valence electrons. The average Bonchev–Trinajstić information content (AvgIpc) is 2.75. The first-order chi connectivity index (χ1) is 8.65. The molecule has 0 saturated heterocycles. The standard InChI is InChI=1S/C13H12Cl2FNS/c14-10-1-3-12(16)9(7-10)8-17-6-5-11-2-4-13(15)18-11/h1-4,7,17H,5-6,8H2. The molecule has 0 bridgehead atoms. The van der Waals surface area contributed by atoms with E-state index in [9.17, 15) is 4.39 Å². The molecule has 0 amide bonds. The highest BCUT2D eigenvalue weighted by Gasteiger charge is 2.03. The van der Waals surface area contributed by atoms with E-state index in [-0.39, 0.29) is 5.82 Å². The molecule has 0 radical (unpaired) electrons. The van der Waals surface area contributed by atoms with E-state index in [0.717, 1.165) is 17.3 Å². The Hall–Kier alpha value is -0.610. The molecule has 1 aromatic carbocycles. The molecular formula is C13H12Cl2FNS. The lowest BCUT2D eigenvalue weighted by molar-refractivity contribution is 0.589. The van der Waals surface area contributed by atoms with Crippen LogP contribution in [0.1, 0.15) is 10.4 Å². The van der Waals surface area contributed by atoms with Gasteiger partial charge in [-0.25, -0.2) is 4.39 Å². The third-order valence-corrected chi connectivity index (χ3v) is 4.03. The minimum Gasteiger partial charge on any atom is -0.312 e. The molecule has 2 rings (SSSR count). The molecule has 0 aliphatic carbocycles. The molecule has 0 unspecified atom stereocenters. The third kappa shape index (κ3) is 3.95. The number of rotatable bonds is 5. The van der Waals surface area contributed by atoms with Gasteiger partial charge < -0.3 is 5.32 Å². The largest absolute Gasteiger partial charge is 0.312 e. The molecule has 18 heavy (non-hydrogen) atoms. The van der Waals surface area contributed by atoms with Crippen LogP contribution in [0.15, 0.2) is 30.3 Å². The number of hydrogen-bond donors (Lipinski definition) is 1. The summed E-state index contributed by atoms with van der Waals surface area (Å²) >= 11 is 13.2. The predicted molar refractivity (Wildman–Crippen MR) is 76.1 cm³/mol. The molecule has 1 nitrogen and oxygen atoms in total. The van der Waals surface area contributed by atoms with Crippen LogP contribution in [0.5, 0.6) is 0 Å². The zero-order chi connectivity index (χ0) is 13.0. The normalized spacial score (nSPS) is 10.8. The minimum absolute atomic E-state index is 0.230. The Labute approximate surface area is 120 Å². The minimum atomic E-state index is -0.230. The summed E-state index contributed by atoms with van der Waals surface area (Å²) in [6, 6.07) is 8.48. The van der Waals surface area contributed by atoms with Crippen LogP contribution in [0.25, 0.3) is 0 Å². The maximum Gasteiger partial charge on any atom is 0.127 e.